The van der Waals surface area contributed by atoms with Crippen LogP contribution < -0.4 is 19.9 Å². The van der Waals surface area contributed by atoms with E-state index >= 15 is 0 Å². The van der Waals surface area contributed by atoms with Gasteiger partial charge in [-0.3, -0.25) is 24.6 Å². The van der Waals surface area contributed by atoms with E-state index in [9.17, 15) is 27.6 Å². The molecule has 11 nitrogen and oxygen atoms in total. The first-order valence-electron chi connectivity index (χ1n) is 18.3. The standard InChI is InChI=1S/C39H42F3N7O4/c40-39(41,42)33-22-30(24-44-34(33)23-43)47-14-11-27(12-15-47)26-3-6-31(7-4-26)53-20-2-1-13-46-16-18-48(19-17-46)29-5-8-32-28(21-29)25-49(38(32)52)35-9-10-36(50)45-37(35)51/h3-8,21-22,24,27,35H,1-2,9-20,25H2,(H,45,50,51). The summed E-state index contributed by atoms with van der Waals surface area (Å²) < 4.78 is 46.2. The van der Waals surface area contributed by atoms with Crippen molar-refractivity contribution in [3.63, 3.8) is 0 Å². The first kappa shape index (κ1) is 36.2. The Morgan fingerprint density at radius 3 is 2.32 bits per heavy atom. The van der Waals surface area contributed by atoms with Crippen molar-refractivity contribution in [1.29, 1.82) is 5.26 Å². The number of unbranched alkanes of at least 4 members (excludes halogenated alkanes) is 1. The number of pyridine rings is 1. The molecule has 14 heteroatoms. The van der Waals surface area contributed by atoms with Gasteiger partial charge in [-0.25, -0.2) is 4.98 Å². The van der Waals surface area contributed by atoms with Crippen molar-refractivity contribution in [2.45, 2.75) is 63.2 Å². The van der Waals surface area contributed by atoms with Crippen LogP contribution in [0.4, 0.5) is 24.5 Å². The van der Waals surface area contributed by atoms with Gasteiger partial charge in [0.2, 0.25) is 11.8 Å². The van der Waals surface area contributed by atoms with E-state index < -0.39 is 29.4 Å². The van der Waals surface area contributed by atoms with Crippen LogP contribution >= 0.6 is 0 Å². The maximum absolute atomic E-state index is 13.4. The molecule has 0 radical (unpaired) electrons. The molecule has 1 atom stereocenters. The van der Waals surface area contributed by atoms with Crippen LogP contribution in [0.2, 0.25) is 0 Å². The molecular weight excluding hydrogens is 687 g/mol. The molecule has 0 bridgehead atoms. The molecular formula is C39H42F3N7O4. The first-order chi connectivity index (χ1) is 25.6. The number of rotatable bonds is 10. The van der Waals surface area contributed by atoms with Crippen molar-refractivity contribution in [3.8, 4) is 11.8 Å². The zero-order valence-electron chi connectivity index (χ0n) is 29.4. The average molecular weight is 730 g/mol. The summed E-state index contributed by atoms with van der Waals surface area (Å²) in [7, 11) is 0. The van der Waals surface area contributed by atoms with Crippen molar-refractivity contribution in [3.05, 3.63) is 82.7 Å². The number of nitrogens with zero attached hydrogens (tertiary/aromatic N) is 6. The number of nitriles is 1. The minimum atomic E-state index is -4.63. The van der Waals surface area contributed by atoms with E-state index in [4.69, 9.17) is 10.00 Å². The van der Waals surface area contributed by atoms with Gasteiger partial charge in [-0.2, -0.15) is 18.4 Å². The molecule has 3 fully saturated rings. The lowest BCUT2D eigenvalue weighted by Gasteiger charge is -2.36. The fourth-order valence-corrected chi connectivity index (χ4v) is 7.85. The molecule has 0 spiro atoms. The van der Waals surface area contributed by atoms with Crippen molar-refractivity contribution in [2.75, 3.05) is 62.2 Å². The third kappa shape index (κ3) is 8.10. The predicted octanol–water partition coefficient (Wildman–Crippen LogP) is 5.10. The van der Waals surface area contributed by atoms with Crippen molar-refractivity contribution in [1.82, 2.24) is 20.1 Å². The topological polar surface area (TPSA) is 122 Å². The summed E-state index contributed by atoms with van der Waals surface area (Å²) >= 11 is 0. The second-order valence-corrected chi connectivity index (χ2v) is 14.2. The number of piperazine rings is 1. The van der Waals surface area contributed by atoms with Gasteiger partial charge in [0, 0.05) is 63.5 Å². The third-order valence-corrected chi connectivity index (χ3v) is 10.9. The smallest absolute Gasteiger partial charge is 0.419 e. The number of carbonyl (C=O) groups is 3. The molecule has 0 aliphatic carbocycles. The number of nitrogens with one attached hydrogen (secondary N) is 1. The van der Waals surface area contributed by atoms with Crippen molar-refractivity contribution < 1.29 is 32.3 Å². The molecule has 4 aliphatic heterocycles. The summed E-state index contributed by atoms with van der Waals surface area (Å²) in [4.78, 5) is 49.0. The summed E-state index contributed by atoms with van der Waals surface area (Å²) in [5, 5.41) is 11.4. The van der Waals surface area contributed by atoms with Crippen LogP contribution in [0.1, 0.15) is 77.2 Å². The SMILES string of the molecule is N#Cc1ncc(N2CCC(c3ccc(OCCCCN4CCN(c5ccc6c(c5)CN(C5CCC(=O)NC5=O)C6=O)CC4)cc3)CC2)cc1C(F)(F)F. The molecule has 3 saturated heterocycles. The lowest BCUT2D eigenvalue weighted by Crippen LogP contribution is -2.52. The van der Waals surface area contributed by atoms with Crippen LogP contribution in [-0.4, -0.2) is 91.0 Å². The Bertz CT molecular complexity index is 1880. The van der Waals surface area contributed by atoms with Gasteiger partial charge < -0.3 is 19.4 Å². The lowest BCUT2D eigenvalue weighted by molar-refractivity contribution is -0.138. The third-order valence-electron chi connectivity index (χ3n) is 10.9. The Balaban J connectivity index is 0.800. The fraction of sp³-hybridized carbons (Fsp3) is 0.462. The highest BCUT2D eigenvalue weighted by atomic mass is 19.4. The quantitative estimate of drug-likeness (QED) is 0.225. The summed E-state index contributed by atoms with van der Waals surface area (Å²) in [5.41, 5.74) is 2.60. The molecule has 1 N–H and O–H groups in total. The molecule has 2 aromatic carbocycles. The second-order valence-electron chi connectivity index (χ2n) is 14.2. The zero-order valence-corrected chi connectivity index (χ0v) is 29.4. The number of halogens is 3. The Kier molecular flexibility index (Phi) is 10.5. The Labute approximate surface area is 306 Å². The normalized spacial score (nSPS) is 20.0. The highest BCUT2D eigenvalue weighted by molar-refractivity contribution is 6.05. The number of imide groups is 1. The Hall–Kier alpha value is -5.16. The Morgan fingerprint density at radius 1 is 0.887 bits per heavy atom. The molecule has 7 rings (SSSR count). The number of anilines is 2. The van der Waals surface area contributed by atoms with Crippen LogP contribution in [-0.2, 0) is 22.3 Å². The fourth-order valence-electron chi connectivity index (χ4n) is 7.85. The first-order valence-corrected chi connectivity index (χ1v) is 18.3. The second kappa shape index (κ2) is 15.4. The number of aromatic nitrogens is 1. The zero-order chi connectivity index (χ0) is 37.1. The summed E-state index contributed by atoms with van der Waals surface area (Å²) in [5.74, 6) is 0.276. The maximum atomic E-state index is 13.4. The number of hydrogen-bond donors (Lipinski definition) is 1. The van der Waals surface area contributed by atoms with Gasteiger partial charge in [0.15, 0.2) is 5.69 Å². The van der Waals surface area contributed by atoms with Gasteiger partial charge in [0.1, 0.15) is 17.9 Å². The Morgan fingerprint density at radius 2 is 1.62 bits per heavy atom. The van der Waals surface area contributed by atoms with Crippen LogP contribution in [0.5, 0.6) is 5.75 Å². The van der Waals surface area contributed by atoms with E-state index in [1.165, 1.54) is 17.8 Å². The highest BCUT2D eigenvalue weighted by Crippen LogP contribution is 2.36. The molecule has 278 valence electrons. The number of piperidine rings is 2. The van der Waals surface area contributed by atoms with Crippen LogP contribution in [0, 0.1) is 11.3 Å². The lowest BCUT2D eigenvalue weighted by atomic mass is 9.89. The van der Waals surface area contributed by atoms with Gasteiger partial charge in [-0.05, 0) is 92.1 Å². The van der Waals surface area contributed by atoms with E-state index in [2.05, 4.69) is 38.3 Å². The number of amides is 3. The molecule has 53 heavy (non-hydrogen) atoms. The molecule has 5 heterocycles. The van der Waals surface area contributed by atoms with E-state index in [1.54, 1.807) is 4.90 Å². The van der Waals surface area contributed by atoms with Gasteiger partial charge in [-0.15, -0.1) is 0 Å². The minimum absolute atomic E-state index is 0.156. The summed E-state index contributed by atoms with van der Waals surface area (Å²) in [6.07, 6.45) is 0.874. The molecule has 1 aromatic heterocycles. The molecule has 1 unspecified atom stereocenters. The number of hydrogen-bond acceptors (Lipinski definition) is 9. The van der Waals surface area contributed by atoms with Crippen LogP contribution in [0.25, 0.3) is 0 Å². The number of ether oxygens (including phenoxy) is 1. The number of alkyl halides is 3. The predicted molar refractivity (Wildman–Crippen MR) is 190 cm³/mol. The van der Waals surface area contributed by atoms with Crippen LogP contribution in [0.3, 0.4) is 0 Å². The maximum Gasteiger partial charge on any atom is 0.419 e. The highest BCUT2D eigenvalue weighted by Gasteiger charge is 2.39. The van der Waals surface area contributed by atoms with Gasteiger partial charge in [0.05, 0.1) is 24.1 Å². The minimum Gasteiger partial charge on any atom is -0.494 e. The summed E-state index contributed by atoms with van der Waals surface area (Å²) in [6.45, 7) is 6.86. The van der Waals surface area contributed by atoms with Crippen molar-refractivity contribution >= 4 is 29.1 Å². The van der Waals surface area contributed by atoms with Crippen LogP contribution in [0.15, 0.2) is 54.7 Å². The molecule has 3 amide bonds. The number of benzene rings is 2. The molecule has 3 aromatic rings. The van der Waals surface area contributed by atoms with Gasteiger partial charge in [0.25, 0.3) is 5.91 Å². The molecule has 0 saturated carbocycles. The number of carbonyl (C=O) groups excluding carboxylic acids is 3. The number of fused-ring (bicyclic) bond motifs is 1. The van der Waals surface area contributed by atoms with Gasteiger partial charge >= 0.3 is 6.18 Å². The summed E-state index contributed by atoms with van der Waals surface area (Å²) in [6, 6.07) is 16.0. The largest absolute Gasteiger partial charge is 0.494 e. The monoisotopic (exact) mass is 729 g/mol. The van der Waals surface area contributed by atoms with Gasteiger partial charge in [-0.1, -0.05) is 12.1 Å². The van der Waals surface area contributed by atoms with E-state index in [1.807, 2.05) is 29.2 Å². The van der Waals surface area contributed by atoms with E-state index in [0.29, 0.717) is 49.8 Å². The average Bonchev–Trinajstić information content (AvgIpc) is 3.49. The van der Waals surface area contributed by atoms with E-state index in [-0.39, 0.29) is 18.2 Å². The molecule has 4 aliphatic rings. The van der Waals surface area contributed by atoms with E-state index in [0.717, 1.165) is 81.5 Å². The van der Waals surface area contributed by atoms with Crippen molar-refractivity contribution in [2.24, 2.45) is 0 Å².